The summed E-state index contributed by atoms with van der Waals surface area (Å²) in [5.74, 6) is -2.05. The van der Waals surface area contributed by atoms with Crippen molar-refractivity contribution in [1.82, 2.24) is 4.98 Å². The van der Waals surface area contributed by atoms with E-state index in [1.54, 1.807) is 9.80 Å². The molecule has 4 aromatic carbocycles. The molecule has 6 heteroatoms. The van der Waals surface area contributed by atoms with Gasteiger partial charge in [0, 0.05) is 22.7 Å². The van der Waals surface area contributed by atoms with Gasteiger partial charge in [0.15, 0.2) is 0 Å². The third-order valence-corrected chi connectivity index (χ3v) is 7.88. The van der Waals surface area contributed by atoms with Crippen molar-refractivity contribution < 1.29 is 8.78 Å². The number of halogens is 2. The molecule has 40 heavy (non-hydrogen) atoms. The van der Waals surface area contributed by atoms with Gasteiger partial charge in [-0.3, -0.25) is 0 Å². The molecule has 0 fully saturated rings. The van der Waals surface area contributed by atoms with Gasteiger partial charge >= 0.3 is 0 Å². The monoisotopic (exact) mass is 526 g/mol. The third kappa shape index (κ3) is 3.74. The van der Waals surface area contributed by atoms with Gasteiger partial charge in [0.05, 0.1) is 0 Å². The molecule has 3 heterocycles. The van der Waals surface area contributed by atoms with E-state index in [4.69, 9.17) is 0 Å². The van der Waals surface area contributed by atoms with Gasteiger partial charge in [-0.25, -0.2) is 0 Å². The summed E-state index contributed by atoms with van der Waals surface area (Å²) < 4.78 is 32.1. The SMILES string of the molecule is N#Cc1c(N2c3ccccc3CCc3ccccc32)c(F)nc(F)c1N1c2ccccc2CCc2ccccc21. The van der Waals surface area contributed by atoms with Gasteiger partial charge in [-0.1, -0.05) is 72.8 Å². The number of fused-ring (bicyclic) bond motifs is 4. The molecule has 2 aliphatic heterocycles. The Bertz CT molecular complexity index is 1610. The van der Waals surface area contributed by atoms with Crippen LogP contribution in [0, 0.1) is 23.2 Å². The van der Waals surface area contributed by atoms with Crippen molar-refractivity contribution in [2.75, 3.05) is 9.80 Å². The Balaban J connectivity index is 1.57. The number of nitrogens with zero attached hydrogens (tertiary/aromatic N) is 4. The Hall–Kier alpha value is -5.02. The largest absolute Gasteiger partial charge is 0.305 e. The highest BCUT2D eigenvalue weighted by Gasteiger charge is 2.34. The van der Waals surface area contributed by atoms with Crippen molar-refractivity contribution >= 4 is 34.1 Å². The summed E-state index contributed by atoms with van der Waals surface area (Å²) in [7, 11) is 0. The number of nitriles is 1. The van der Waals surface area contributed by atoms with Crippen LogP contribution in [-0.2, 0) is 25.7 Å². The zero-order valence-corrected chi connectivity index (χ0v) is 21.6. The molecule has 0 atom stereocenters. The first kappa shape index (κ1) is 24.1. The summed E-state index contributed by atoms with van der Waals surface area (Å²) in [6.45, 7) is 0. The van der Waals surface area contributed by atoms with Gasteiger partial charge in [0.25, 0.3) is 0 Å². The van der Waals surface area contributed by atoms with Crippen molar-refractivity contribution in [3.05, 3.63) is 137 Å². The van der Waals surface area contributed by atoms with Crippen LogP contribution in [0.5, 0.6) is 0 Å². The molecule has 0 N–H and O–H groups in total. The van der Waals surface area contributed by atoms with E-state index in [2.05, 4.69) is 11.1 Å². The topological polar surface area (TPSA) is 43.2 Å². The van der Waals surface area contributed by atoms with Crippen LogP contribution in [0.2, 0.25) is 0 Å². The molecule has 0 amide bonds. The maximum Gasteiger partial charge on any atom is 0.241 e. The molecule has 2 aliphatic rings. The maximum atomic E-state index is 16.1. The Morgan fingerprint density at radius 2 is 0.825 bits per heavy atom. The standard InChI is InChI=1S/C34H24F2N4/c35-33-31(39-27-13-5-1-9-22(27)17-18-23-10-2-6-14-28(23)39)26(21-37)32(34(36)38-33)40-29-15-7-3-11-24(29)19-20-25-12-4-8-16-30(25)40/h1-16H,17-20H2. The van der Waals surface area contributed by atoms with Crippen LogP contribution in [0.3, 0.4) is 0 Å². The minimum atomic E-state index is -1.03. The molecule has 0 aliphatic carbocycles. The molecule has 0 saturated heterocycles. The summed E-state index contributed by atoms with van der Waals surface area (Å²) in [6, 6.07) is 33.3. The van der Waals surface area contributed by atoms with E-state index >= 15 is 8.78 Å². The highest BCUT2D eigenvalue weighted by molar-refractivity contribution is 5.91. The molecule has 0 spiro atoms. The quantitative estimate of drug-likeness (QED) is 0.217. The van der Waals surface area contributed by atoms with Gasteiger partial charge in [-0.2, -0.15) is 19.0 Å². The van der Waals surface area contributed by atoms with Crippen molar-refractivity contribution in [2.24, 2.45) is 0 Å². The minimum absolute atomic E-state index is 0.0556. The lowest BCUT2D eigenvalue weighted by molar-refractivity contribution is 0.514. The maximum absolute atomic E-state index is 16.1. The van der Waals surface area contributed by atoms with E-state index in [1.807, 2.05) is 97.1 Å². The van der Waals surface area contributed by atoms with Crippen LogP contribution in [0.1, 0.15) is 27.8 Å². The zero-order chi connectivity index (χ0) is 27.2. The smallest absolute Gasteiger partial charge is 0.241 e. The van der Waals surface area contributed by atoms with E-state index in [1.165, 1.54) is 0 Å². The van der Waals surface area contributed by atoms with Gasteiger partial charge in [-0.05, 0) is 72.2 Å². The van der Waals surface area contributed by atoms with Crippen LogP contribution < -0.4 is 9.80 Å². The fourth-order valence-corrected chi connectivity index (χ4v) is 6.07. The minimum Gasteiger partial charge on any atom is -0.305 e. The predicted octanol–water partition coefficient (Wildman–Crippen LogP) is 8.37. The lowest BCUT2D eigenvalue weighted by atomic mass is 10.0. The first-order valence-corrected chi connectivity index (χ1v) is 13.4. The summed E-state index contributed by atoms with van der Waals surface area (Å²) >= 11 is 0. The number of aryl methyl sites for hydroxylation is 4. The third-order valence-electron chi connectivity index (χ3n) is 7.88. The van der Waals surface area contributed by atoms with E-state index < -0.39 is 11.9 Å². The Labute approximate surface area is 231 Å². The van der Waals surface area contributed by atoms with Crippen molar-refractivity contribution in [3.8, 4) is 6.07 Å². The zero-order valence-electron chi connectivity index (χ0n) is 21.6. The van der Waals surface area contributed by atoms with E-state index in [9.17, 15) is 5.26 Å². The summed E-state index contributed by atoms with van der Waals surface area (Å²) in [5, 5.41) is 10.7. The second kappa shape index (κ2) is 9.62. The molecule has 0 saturated carbocycles. The van der Waals surface area contributed by atoms with E-state index in [0.717, 1.165) is 70.7 Å². The van der Waals surface area contributed by atoms with Crippen LogP contribution >= 0.6 is 0 Å². The normalized spacial score (nSPS) is 13.7. The molecule has 0 radical (unpaired) electrons. The molecule has 7 rings (SSSR count). The van der Waals surface area contributed by atoms with Crippen molar-refractivity contribution in [2.45, 2.75) is 25.7 Å². The van der Waals surface area contributed by atoms with Crippen molar-refractivity contribution in [1.29, 1.82) is 5.26 Å². The number of aromatic nitrogens is 1. The molecule has 0 bridgehead atoms. The lowest BCUT2D eigenvalue weighted by Crippen LogP contribution is -2.21. The van der Waals surface area contributed by atoms with Gasteiger partial charge in [-0.15, -0.1) is 0 Å². The number of rotatable bonds is 2. The Morgan fingerprint density at radius 1 is 0.525 bits per heavy atom. The number of pyridine rings is 1. The van der Waals surface area contributed by atoms with Crippen LogP contribution in [0.25, 0.3) is 0 Å². The van der Waals surface area contributed by atoms with E-state index in [-0.39, 0.29) is 16.9 Å². The van der Waals surface area contributed by atoms with Crippen molar-refractivity contribution in [3.63, 3.8) is 0 Å². The van der Waals surface area contributed by atoms with Gasteiger partial charge in [0.2, 0.25) is 11.9 Å². The molecule has 1 aromatic heterocycles. The molecule has 5 aromatic rings. The molecular formula is C34H24F2N4. The Kier molecular flexibility index (Phi) is 5.78. The highest BCUT2D eigenvalue weighted by atomic mass is 19.1. The summed E-state index contributed by atoms with van der Waals surface area (Å²) in [5.41, 5.74) is 6.83. The second-order valence-electron chi connectivity index (χ2n) is 10.1. The molecular weight excluding hydrogens is 502 g/mol. The van der Waals surface area contributed by atoms with Crippen LogP contribution in [-0.4, -0.2) is 4.98 Å². The highest BCUT2D eigenvalue weighted by Crippen LogP contribution is 2.49. The van der Waals surface area contributed by atoms with Crippen LogP contribution in [0.15, 0.2) is 97.1 Å². The first-order valence-electron chi connectivity index (χ1n) is 13.4. The first-order chi connectivity index (χ1) is 19.7. The average Bonchev–Trinajstić information content (AvgIpc) is 3.25. The van der Waals surface area contributed by atoms with Gasteiger partial charge in [0.1, 0.15) is 23.0 Å². The van der Waals surface area contributed by atoms with Gasteiger partial charge < -0.3 is 9.80 Å². The number of hydrogen-bond acceptors (Lipinski definition) is 4. The fraction of sp³-hybridized carbons (Fsp3) is 0.118. The molecule has 194 valence electrons. The number of hydrogen-bond donors (Lipinski definition) is 0. The second-order valence-corrected chi connectivity index (χ2v) is 10.1. The predicted molar refractivity (Wildman–Crippen MR) is 153 cm³/mol. The summed E-state index contributed by atoms with van der Waals surface area (Å²) in [6.07, 6.45) is 3.01. The number of para-hydroxylation sites is 4. The Morgan fingerprint density at radius 3 is 1.12 bits per heavy atom. The number of anilines is 6. The molecule has 0 unspecified atom stereocenters. The average molecular weight is 527 g/mol. The summed E-state index contributed by atoms with van der Waals surface area (Å²) in [4.78, 5) is 7.31. The number of benzene rings is 4. The fourth-order valence-electron chi connectivity index (χ4n) is 6.07. The lowest BCUT2D eigenvalue weighted by Gasteiger charge is -2.32. The van der Waals surface area contributed by atoms with E-state index in [0.29, 0.717) is 0 Å². The molecule has 4 nitrogen and oxygen atoms in total. The van der Waals surface area contributed by atoms with Crippen LogP contribution in [0.4, 0.5) is 42.9 Å².